The number of sulfonamides is 2. The molecule has 25 heavy (non-hydrogen) atoms. The molecule has 0 bridgehead atoms. The lowest BCUT2D eigenvalue weighted by Crippen LogP contribution is -2.16. The van der Waals surface area contributed by atoms with E-state index in [1.807, 2.05) is 13.8 Å². The van der Waals surface area contributed by atoms with E-state index in [0.29, 0.717) is 5.75 Å². The van der Waals surface area contributed by atoms with Crippen LogP contribution in [0.5, 0.6) is 5.75 Å². The van der Waals surface area contributed by atoms with E-state index in [2.05, 4.69) is 9.44 Å². The van der Waals surface area contributed by atoms with Crippen molar-refractivity contribution >= 4 is 31.4 Å². The van der Waals surface area contributed by atoms with Crippen molar-refractivity contribution < 1.29 is 21.6 Å². The summed E-state index contributed by atoms with van der Waals surface area (Å²) >= 11 is 0. The molecule has 0 aliphatic rings. The summed E-state index contributed by atoms with van der Waals surface area (Å²) in [4.78, 5) is 0.0396. The highest BCUT2D eigenvalue weighted by Crippen LogP contribution is 2.26. The van der Waals surface area contributed by atoms with E-state index in [4.69, 9.17) is 4.74 Å². The van der Waals surface area contributed by atoms with E-state index in [9.17, 15) is 16.8 Å². The van der Waals surface area contributed by atoms with Crippen LogP contribution in [0.3, 0.4) is 0 Å². The van der Waals surface area contributed by atoms with E-state index in [0.717, 1.165) is 6.26 Å². The molecule has 2 rings (SSSR count). The highest BCUT2D eigenvalue weighted by molar-refractivity contribution is 7.93. The van der Waals surface area contributed by atoms with Gasteiger partial charge in [0, 0.05) is 0 Å². The minimum absolute atomic E-state index is 0.0190. The van der Waals surface area contributed by atoms with E-state index in [1.54, 1.807) is 24.3 Å². The summed E-state index contributed by atoms with van der Waals surface area (Å²) in [7, 11) is -7.42. The van der Waals surface area contributed by atoms with Crippen molar-refractivity contribution in [1.29, 1.82) is 0 Å². The summed E-state index contributed by atoms with van der Waals surface area (Å²) < 4.78 is 58.0. The summed E-state index contributed by atoms with van der Waals surface area (Å²) in [6, 6.07) is 12.1. The maximum Gasteiger partial charge on any atom is 0.261 e. The summed E-state index contributed by atoms with van der Waals surface area (Å²) in [5.41, 5.74) is 0.281. The number of anilines is 2. The molecule has 0 amide bonds. The lowest BCUT2D eigenvalue weighted by molar-refractivity contribution is 0.242. The minimum atomic E-state index is -3.88. The van der Waals surface area contributed by atoms with Crippen molar-refractivity contribution in [3.8, 4) is 5.75 Å². The number of para-hydroxylation sites is 2. The summed E-state index contributed by atoms with van der Waals surface area (Å²) in [5, 5.41) is 0. The molecule has 2 aromatic rings. The Kier molecular flexibility index (Phi) is 5.58. The van der Waals surface area contributed by atoms with Crippen LogP contribution in [-0.4, -0.2) is 29.2 Å². The number of hydrogen-bond donors (Lipinski definition) is 2. The Labute approximate surface area is 148 Å². The van der Waals surface area contributed by atoms with Gasteiger partial charge in [0.05, 0.1) is 28.6 Å². The molecule has 0 aliphatic heterocycles. The SMILES string of the molecule is CC(C)Oc1ccc(S(=O)(=O)Nc2ccccc2NS(C)(=O)=O)cc1. The van der Waals surface area contributed by atoms with Gasteiger partial charge in [-0.05, 0) is 50.2 Å². The van der Waals surface area contributed by atoms with Gasteiger partial charge in [0.15, 0.2) is 0 Å². The van der Waals surface area contributed by atoms with Crippen LogP contribution in [0.2, 0.25) is 0 Å². The van der Waals surface area contributed by atoms with Gasteiger partial charge in [-0.2, -0.15) is 0 Å². The summed E-state index contributed by atoms with van der Waals surface area (Å²) in [5.74, 6) is 0.563. The molecule has 0 spiro atoms. The van der Waals surface area contributed by atoms with E-state index < -0.39 is 20.0 Å². The largest absolute Gasteiger partial charge is 0.491 e. The molecule has 0 aromatic heterocycles. The quantitative estimate of drug-likeness (QED) is 0.764. The molecule has 0 atom stereocenters. The first-order valence-electron chi connectivity index (χ1n) is 7.43. The van der Waals surface area contributed by atoms with Gasteiger partial charge in [0.2, 0.25) is 10.0 Å². The molecule has 0 radical (unpaired) electrons. The number of benzene rings is 2. The fourth-order valence-electron chi connectivity index (χ4n) is 2.03. The molecule has 136 valence electrons. The zero-order valence-corrected chi connectivity index (χ0v) is 15.7. The first-order valence-corrected chi connectivity index (χ1v) is 10.8. The Bertz CT molecular complexity index is 937. The monoisotopic (exact) mass is 384 g/mol. The van der Waals surface area contributed by atoms with Gasteiger partial charge >= 0.3 is 0 Å². The lowest BCUT2D eigenvalue weighted by Gasteiger charge is -2.14. The van der Waals surface area contributed by atoms with Gasteiger partial charge in [-0.15, -0.1) is 0 Å². The van der Waals surface area contributed by atoms with Crippen molar-refractivity contribution in [3.05, 3.63) is 48.5 Å². The number of rotatable bonds is 7. The fourth-order valence-corrected chi connectivity index (χ4v) is 3.69. The highest BCUT2D eigenvalue weighted by atomic mass is 32.2. The van der Waals surface area contributed by atoms with Gasteiger partial charge < -0.3 is 4.74 Å². The van der Waals surface area contributed by atoms with Gasteiger partial charge in [0.1, 0.15) is 5.75 Å². The Morgan fingerprint density at radius 2 is 1.36 bits per heavy atom. The second kappa shape index (κ2) is 7.32. The standard InChI is InChI=1S/C16H20N2O5S2/c1-12(2)23-13-8-10-14(11-9-13)25(21,22)18-16-7-5-4-6-15(16)17-24(3,19)20/h4-12,17-18H,1-3H3. The van der Waals surface area contributed by atoms with E-state index in [1.165, 1.54) is 24.3 Å². The second-order valence-corrected chi connectivity index (χ2v) is 9.09. The first kappa shape index (κ1) is 19.1. The third-order valence-electron chi connectivity index (χ3n) is 2.97. The third kappa shape index (κ3) is 5.64. The van der Waals surface area contributed by atoms with Gasteiger partial charge in [-0.25, -0.2) is 16.8 Å². The second-order valence-electron chi connectivity index (χ2n) is 5.66. The molecule has 0 unspecified atom stereocenters. The molecule has 2 aromatic carbocycles. The molecular weight excluding hydrogens is 364 g/mol. The number of ether oxygens (including phenoxy) is 1. The molecule has 0 aliphatic carbocycles. The van der Waals surface area contributed by atoms with E-state index in [-0.39, 0.29) is 22.4 Å². The molecule has 0 heterocycles. The molecule has 9 heteroatoms. The molecule has 2 N–H and O–H groups in total. The van der Waals surface area contributed by atoms with Crippen LogP contribution in [0.25, 0.3) is 0 Å². The summed E-state index contributed by atoms with van der Waals surface area (Å²) in [6.45, 7) is 3.75. The van der Waals surface area contributed by atoms with Crippen LogP contribution in [0, 0.1) is 0 Å². The Balaban J connectivity index is 2.27. The normalized spacial score (nSPS) is 12.0. The minimum Gasteiger partial charge on any atom is -0.491 e. The van der Waals surface area contributed by atoms with Gasteiger partial charge in [0.25, 0.3) is 10.0 Å². The van der Waals surface area contributed by atoms with Crippen LogP contribution in [0.1, 0.15) is 13.8 Å². The van der Waals surface area contributed by atoms with Gasteiger partial charge in [-0.3, -0.25) is 9.44 Å². The fraction of sp³-hybridized carbons (Fsp3) is 0.250. The van der Waals surface area contributed by atoms with Crippen LogP contribution in [0.4, 0.5) is 11.4 Å². The Morgan fingerprint density at radius 3 is 1.84 bits per heavy atom. The zero-order chi connectivity index (χ0) is 18.7. The molecule has 0 fully saturated rings. The van der Waals surface area contributed by atoms with Crippen molar-refractivity contribution in [3.63, 3.8) is 0 Å². The smallest absolute Gasteiger partial charge is 0.261 e. The van der Waals surface area contributed by atoms with Crippen molar-refractivity contribution in [2.45, 2.75) is 24.8 Å². The topological polar surface area (TPSA) is 102 Å². The van der Waals surface area contributed by atoms with Crippen LogP contribution in [0.15, 0.2) is 53.4 Å². The molecule has 0 saturated carbocycles. The van der Waals surface area contributed by atoms with Crippen molar-refractivity contribution in [2.24, 2.45) is 0 Å². The Hall–Kier alpha value is -2.26. The molecular formula is C16H20N2O5S2. The average molecular weight is 384 g/mol. The van der Waals surface area contributed by atoms with E-state index >= 15 is 0 Å². The summed E-state index contributed by atoms with van der Waals surface area (Å²) in [6.07, 6.45) is 0.973. The van der Waals surface area contributed by atoms with Crippen molar-refractivity contribution in [1.82, 2.24) is 0 Å². The van der Waals surface area contributed by atoms with Crippen LogP contribution < -0.4 is 14.2 Å². The maximum absolute atomic E-state index is 12.5. The zero-order valence-electron chi connectivity index (χ0n) is 14.1. The molecule has 0 saturated heterocycles. The first-order chi connectivity index (χ1) is 11.6. The maximum atomic E-state index is 12.5. The van der Waals surface area contributed by atoms with Crippen molar-refractivity contribution in [2.75, 3.05) is 15.7 Å². The molecule has 7 nitrogen and oxygen atoms in total. The van der Waals surface area contributed by atoms with Crippen LogP contribution in [-0.2, 0) is 20.0 Å². The number of nitrogens with one attached hydrogen (secondary N) is 2. The highest BCUT2D eigenvalue weighted by Gasteiger charge is 2.17. The predicted molar refractivity (Wildman–Crippen MR) is 97.9 cm³/mol. The third-order valence-corrected chi connectivity index (χ3v) is 4.94. The predicted octanol–water partition coefficient (Wildman–Crippen LogP) is 2.65. The lowest BCUT2D eigenvalue weighted by atomic mass is 10.3. The van der Waals surface area contributed by atoms with Gasteiger partial charge in [-0.1, -0.05) is 12.1 Å². The number of hydrogen-bond acceptors (Lipinski definition) is 5. The average Bonchev–Trinajstić information content (AvgIpc) is 2.47. The van der Waals surface area contributed by atoms with Crippen LogP contribution >= 0.6 is 0 Å². The Morgan fingerprint density at radius 1 is 0.840 bits per heavy atom.